The molecule has 0 saturated carbocycles. The number of carbonyl (C=O) groups excluding carboxylic acids is 4. The first-order valence-corrected chi connectivity index (χ1v) is 8.86. The van der Waals surface area contributed by atoms with Gasteiger partial charge < -0.3 is 26.0 Å². The van der Waals surface area contributed by atoms with Crippen LogP contribution in [-0.2, 0) is 19.1 Å². The maximum Gasteiger partial charge on any atom is 0.407 e. The van der Waals surface area contributed by atoms with Crippen molar-refractivity contribution in [3.05, 3.63) is 0 Å². The summed E-state index contributed by atoms with van der Waals surface area (Å²) in [6, 6.07) is -0.735. The molecule has 0 fully saturated rings. The fourth-order valence-electron chi connectivity index (χ4n) is 1.84. The van der Waals surface area contributed by atoms with Crippen LogP contribution in [0.1, 0.15) is 48.0 Å². The number of likely N-dealkylation sites (N-methyl/N-ethyl adjacent to an activating group) is 1. The fraction of sp³-hybridized carbons (Fsp3) is 0.765. The Hall–Kier alpha value is -2.32. The second-order valence-electron chi connectivity index (χ2n) is 6.09. The summed E-state index contributed by atoms with van der Waals surface area (Å²) in [5.41, 5.74) is 4.96. The van der Waals surface area contributed by atoms with E-state index in [9.17, 15) is 19.2 Å². The average molecular weight is 374 g/mol. The van der Waals surface area contributed by atoms with E-state index in [-0.39, 0.29) is 26.2 Å². The highest BCUT2D eigenvalue weighted by atomic mass is 16.5. The lowest BCUT2D eigenvalue weighted by molar-refractivity contribution is -0.140. The standard InChI is InChI=1S/C13H24N4O5.C4H10/c1-4-9(12(20)15-7-10(14)18)17(5-2)11(19)8-16-13(21)22-6-3;1-4(2)3/h9H,4-8H2,1-3H3,(H2,14,18)(H,15,20)(H,16,21);4H,1-3H3/t9-;/m0./s1. The molecule has 152 valence electrons. The van der Waals surface area contributed by atoms with Gasteiger partial charge in [-0.05, 0) is 26.2 Å². The molecule has 0 aliphatic carbocycles. The molecule has 9 heteroatoms. The molecule has 0 aliphatic heterocycles. The van der Waals surface area contributed by atoms with E-state index < -0.39 is 29.9 Å². The monoisotopic (exact) mass is 374 g/mol. The van der Waals surface area contributed by atoms with Gasteiger partial charge in [-0.2, -0.15) is 0 Å². The number of hydrogen-bond donors (Lipinski definition) is 3. The lowest BCUT2D eigenvalue weighted by Gasteiger charge is -2.29. The summed E-state index contributed by atoms with van der Waals surface area (Å²) in [6.07, 6.45) is -0.332. The molecule has 0 heterocycles. The smallest absolute Gasteiger partial charge is 0.407 e. The van der Waals surface area contributed by atoms with Gasteiger partial charge in [0.2, 0.25) is 17.7 Å². The second kappa shape index (κ2) is 15.0. The van der Waals surface area contributed by atoms with Crippen molar-refractivity contribution in [2.45, 2.75) is 54.0 Å². The Bertz CT molecular complexity index is 452. The molecular weight excluding hydrogens is 340 g/mol. The van der Waals surface area contributed by atoms with Crippen LogP contribution in [0.2, 0.25) is 0 Å². The zero-order valence-electron chi connectivity index (χ0n) is 16.8. The maximum absolute atomic E-state index is 12.1. The van der Waals surface area contributed by atoms with Crippen LogP contribution in [0.4, 0.5) is 4.79 Å². The van der Waals surface area contributed by atoms with Crippen molar-refractivity contribution in [1.82, 2.24) is 15.5 Å². The number of nitrogens with zero attached hydrogens (tertiary/aromatic N) is 1. The molecular formula is C17H34N4O5. The van der Waals surface area contributed by atoms with E-state index in [0.29, 0.717) is 6.42 Å². The minimum atomic E-state index is -0.735. The van der Waals surface area contributed by atoms with Gasteiger partial charge in [0.25, 0.3) is 0 Å². The fourth-order valence-corrected chi connectivity index (χ4v) is 1.84. The molecule has 0 aromatic heterocycles. The lowest BCUT2D eigenvalue weighted by Crippen LogP contribution is -2.52. The van der Waals surface area contributed by atoms with Crippen LogP contribution in [0.25, 0.3) is 0 Å². The predicted molar refractivity (Wildman–Crippen MR) is 99.2 cm³/mol. The molecule has 0 aromatic rings. The summed E-state index contributed by atoms with van der Waals surface area (Å²) < 4.78 is 4.65. The van der Waals surface area contributed by atoms with Gasteiger partial charge in [0, 0.05) is 6.54 Å². The van der Waals surface area contributed by atoms with E-state index in [1.54, 1.807) is 20.8 Å². The minimum absolute atomic E-state index is 0.199. The number of rotatable bonds is 9. The van der Waals surface area contributed by atoms with E-state index in [4.69, 9.17) is 5.73 Å². The van der Waals surface area contributed by atoms with Crippen molar-refractivity contribution >= 4 is 23.8 Å². The van der Waals surface area contributed by atoms with Crippen LogP contribution >= 0.6 is 0 Å². The van der Waals surface area contributed by atoms with E-state index in [0.717, 1.165) is 5.92 Å². The number of primary amides is 1. The van der Waals surface area contributed by atoms with Gasteiger partial charge >= 0.3 is 6.09 Å². The summed E-state index contributed by atoms with van der Waals surface area (Å²) in [5, 5.41) is 4.68. The zero-order chi connectivity index (χ0) is 20.7. The SMILES string of the molecule is CC(C)C.CCOC(=O)NCC(=O)N(CC)[C@@H](CC)C(=O)NCC(N)=O. The Labute approximate surface area is 156 Å². The van der Waals surface area contributed by atoms with Crippen LogP contribution in [0, 0.1) is 5.92 Å². The first-order chi connectivity index (χ1) is 12.1. The van der Waals surface area contributed by atoms with Crippen LogP contribution in [-0.4, -0.2) is 61.0 Å². The number of nitrogens with two attached hydrogens (primary N) is 1. The number of alkyl carbamates (subject to hydrolysis) is 1. The number of amides is 4. The van der Waals surface area contributed by atoms with E-state index >= 15 is 0 Å². The third-order valence-corrected chi connectivity index (χ3v) is 2.82. The Kier molecular flexibility index (Phi) is 14.9. The van der Waals surface area contributed by atoms with E-state index in [1.807, 2.05) is 0 Å². The Morgan fingerprint density at radius 2 is 1.54 bits per heavy atom. The van der Waals surface area contributed by atoms with Crippen LogP contribution < -0.4 is 16.4 Å². The molecule has 0 aromatic carbocycles. The van der Waals surface area contributed by atoms with Crippen LogP contribution in [0.5, 0.6) is 0 Å². The summed E-state index contributed by atoms with van der Waals surface area (Å²) in [4.78, 5) is 47.3. The number of nitrogens with one attached hydrogen (secondary N) is 2. The number of hydrogen-bond acceptors (Lipinski definition) is 5. The molecule has 0 radical (unpaired) electrons. The molecule has 0 rings (SSSR count). The summed E-state index contributed by atoms with van der Waals surface area (Å²) in [6.45, 7) is 11.5. The van der Waals surface area contributed by atoms with Gasteiger partial charge in [-0.3, -0.25) is 14.4 Å². The molecule has 0 saturated heterocycles. The van der Waals surface area contributed by atoms with Crippen LogP contribution in [0.3, 0.4) is 0 Å². The predicted octanol–water partition coefficient (Wildman–Crippen LogP) is 0.623. The van der Waals surface area contributed by atoms with Gasteiger partial charge in [-0.25, -0.2) is 4.79 Å². The van der Waals surface area contributed by atoms with Crippen molar-refractivity contribution in [3.63, 3.8) is 0 Å². The lowest BCUT2D eigenvalue weighted by atomic mass is 10.1. The molecule has 9 nitrogen and oxygen atoms in total. The molecule has 26 heavy (non-hydrogen) atoms. The van der Waals surface area contributed by atoms with Crippen LogP contribution in [0.15, 0.2) is 0 Å². The molecule has 0 bridgehead atoms. The summed E-state index contributed by atoms with van der Waals surface area (Å²) in [5.74, 6) is -0.717. The third kappa shape index (κ3) is 13.0. The molecule has 4 N–H and O–H groups in total. The average Bonchev–Trinajstić information content (AvgIpc) is 2.55. The number of ether oxygens (including phenoxy) is 1. The quantitative estimate of drug-likeness (QED) is 0.544. The molecule has 1 atom stereocenters. The van der Waals surface area contributed by atoms with Crippen molar-refractivity contribution in [2.24, 2.45) is 11.7 Å². The van der Waals surface area contributed by atoms with E-state index in [2.05, 4.69) is 36.1 Å². The van der Waals surface area contributed by atoms with Crippen molar-refractivity contribution in [1.29, 1.82) is 0 Å². The molecule has 0 spiro atoms. The van der Waals surface area contributed by atoms with E-state index in [1.165, 1.54) is 4.90 Å². The van der Waals surface area contributed by atoms with Crippen molar-refractivity contribution < 1.29 is 23.9 Å². The Balaban J connectivity index is 0. The minimum Gasteiger partial charge on any atom is -0.450 e. The highest BCUT2D eigenvalue weighted by molar-refractivity contribution is 5.91. The Morgan fingerprint density at radius 3 is 1.92 bits per heavy atom. The molecule has 0 aliphatic rings. The third-order valence-electron chi connectivity index (χ3n) is 2.82. The van der Waals surface area contributed by atoms with Gasteiger partial charge in [0.1, 0.15) is 12.6 Å². The van der Waals surface area contributed by atoms with Gasteiger partial charge in [0.05, 0.1) is 13.2 Å². The second-order valence-corrected chi connectivity index (χ2v) is 6.09. The largest absolute Gasteiger partial charge is 0.450 e. The van der Waals surface area contributed by atoms with Crippen molar-refractivity contribution in [2.75, 3.05) is 26.2 Å². The highest BCUT2D eigenvalue weighted by Crippen LogP contribution is 2.05. The topological polar surface area (TPSA) is 131 Å². The normalized spacial score (nSPS) is 10.9. The molecule has 0 unspecified atom stereocenters. The summed E-state index contributed by atoms with van der Waals surface area (Å²) in [7, 11) is 0. The Morgan fingerprint density at radius 1 is 1.00 bits per heavy atom. The highest BCUT2D eigenvalue weighted by Gasteiger charge is 2.27. The first kappa shape index (κ1) is 25.9. The summed E-state index contributed by atoms with van der Waals surface area (Å²) >= 11 is 0. The maximum atomic E-state index is 12.1. The van der Waals surface area contributed by atoms with Gasteiger partial charge in [-0.15, -0.1) is 0 Å². The van der Waals surface area contributed by atoms with Crippen molar-refractivity contribution in [3.8, 4) is 0 Å². The first-order valence-electron chi connectivity index (χ1n) is 8.86. The molecule has 4 amide bonds. The number of carbonyl (C=O) groups is 4. The zero-order valence-corrected chi connectivity index (χ0v) is 16.8. The van der Waals surface area contributed by atoms with Gasteiger partial charge in [-0.1, -0.05) is 27.7 Å². The van der Waals surface area contributed by atoms with Gasteiger partial charge in [0.15, 0.2) is 0 Å².